The molecule has 0 radical (unpaired) electrons. The van der Waals surface area contributed by atoms with Gasteiger partial charge in [-0.05, 0) is 19.1 Å². The molecule has 7 nitrogen and oxygen atoms in total. The molecule has 1 amide bonds. The van der Waals surface area contributed by atoms with Gasteiger partial charge in [0.2, 0.25) is 5.43 Å². The van der Waals surface area contributed by atoms with Crippen molar-refractivity contribution >= 4 is 11.6 Å². The third-order valence-corrected chi connectivity index (χ3v) is 3.56. The van der Waals surface area contributed by atoms with Crippen LogP contribution in [0.15, 0.2) is 35.3 Å². The summed E-state index contributed by atoms with van der Waals surface area (Å²) in [5.74, 6) is 0.829. The Labute approximate surface area is 139 Å². The molecule has 0 aliphatic heterocycles. The van der Waals surface area contributed by atoms with Gasteiger partial charge in [0, 0.05) is 25.4 Å². The molecular weight excluding hydrogens is 312 g/mol. The van der Waals surface area contributed by atoms with Gasteiger partial charge in [0.25, 0.3) is 5.91 Å². The maximum Gasteiger partial charge on any atom is 0.262 e. The first-order valence-corrected chi connectivity index (χ1v) is 7.27. The summed E-state index contributed by atoms with van der Waals surface area (Å²) in [4.78, 5) is 24.0. The molecule has 128 valence electrons. The molecule has 1 aromatic carbocycles. The van der Waals surface area contributed by atoms with Crippen LogP contribution in [0.3, 0.4) is 0 Å². The number of nitrogens with zero attached hydrogens (tertiary/aromatic N) is 1. The quantitative estimate of drug-likeness (QED) is 0.871. The number of benzene rings is 1. The van der Waals surface area contributed by atoms with Crippen molar-refractivity contribution < 1.29 is 19.0 Å². The van der Waals surface area contributed by atoms with Gasteiger partial charge < -0.3 is 24.1 Å². The van der Waals surface area contributed by atoms with E-state index >= 15 is 0 Å². The molecule has 0 unspecified atom stereocenters. The van der Waals surface area contributed by atoms with Crippen molar-refractivity contribution in [2.45, 2.75) is 6.92 Å². The van der Waals surface area contributed by atoms with E-state index in [-0.39, 0.29) is 17.8 Å². The number of amides is 1. The van der Waals surface area contributed by atoms with Gasteiger partial charge in [-0.1, -0.05) is 0 Å². The summed E-state index contributed by atoms with van der Waals surface area (Å²) in [6.07, 6.45) is 1.64. The van der Waals surface area contributed by atoms with Gasteiger partial charge in [0.05, 0.1) is 25.6 Å². The average Bonchev–Trinajstić information content (AvgIpc) is 2.58. The van der Waals surface area contributed by atoms with Crippen LogP contribution in [0, 0.1) is 6.92 Å². The lowest BCUT2D eigenvalue weighted by Gasteiger charge is -2.13. The second kappa shape index (κ2) is 7.54. The second-order valence-corrected chi connectivity index (χ2v) is 5.11. The number of aromatic nitrogens is 1. The standard InChI is InChI=1S/C17H20N2O5/c1-11-17(14(20)7-8-19(11)2)24-10-16(21)18-13-9-12(22-3)5-6-15(13)23-4/h5-9H,10H2,1-4H3,(H,18,21). The summed E-state index contributed by atoms with van der Waals surface area (Å²) < 4.78 is 17.5. The summed E-state index contributed by atoms with van der Waals surface area (Å²) >= 11 is 0. The molecule has 1 heterocycles. The molecule has 0 bridgehead atoms. The smallest absolute Gasteiger partial charge is 0.262 e. The maximum atomic E-state index is 12.1. The highest BCUT2D eigenvalue weighted by atomic mass is 16.5. The zero-order valence-electron chi connectivity index (χ0n) is 14.1. The number of carbonyl (C=O) groups is 1. The lowest BCUT2D eigenvalue weighted by atomic mass is 10.2. The van der Waals surface area contributed by atoms with E-state index in [0.29, 0.717) is 22.9 Å². The van der Waals surface area contributed by atoms with E-state index in [2.05, 4.69) is 5.32 Å². The van der Waals surface area contributed by atoms with Gasteiger partial charge in [-0.2, -0.15) is 0 Å². The first-order chi connectivity index (χ1) is 11.5. The highest BCUT2D eigenvalue weighted by Crippen LogP contribution is 2.28. The van der Waals surface area contributed by atoms with Gasteiger partial charge in [-0.15, -0.1) is 0 Å². The fourth-order valence-electron chi connectivity index (χ4n) is 2.12. The molecule has 7 heteroatoms. The number of hydrogen-bond acceptors (Lipinski definition) is 5. The zero-order valence-corrected chi connectivity index (χ0v) is 14.1. The Hall–Kier alpha value is -2.96. The van der Waals surface area contributed by atoms with Crippen LogP contribution in [0.5, 0.6) is 17.2 Å². The van der Waals surface area contributed by atoms with E-state index in [1.807, 2.05) is 0 Å². The topological polar surface area (TPSA) is 78.8 Å². The molecule has 0 spiro atoms. The Morgan fingerprint density at radius 1 is 1.21 bits per heavy atom. The van der Waals surface area contributed by atoms with Crippen LogP contribution in [0.1, 0.15) is 5.69 Å². The van der Waals surface area contributed by atoms with Crippen LogP contribution < -0.4 is 25.0 Å². The number of rotatable bonds is 6. The molecule has 24 heavy (non-hydrogen) atoms. The number of aryl methyl sites for hydroxylation is 1. The summed E-state index contributed by atoms with van der Waals surface area (Å²) in [5.41, 5.74) is 0.842. The zero-order chi connectivity index (χ0) is 17.7. The van der Waals surface area contributed by atoms with Crippen molar-refractivity contribution in [2.75, 3.05) is 26.1 Å². The lowest BCUT2D eigenvalue weighted by molar-refractivity contribution is -0.118. The predicted molar refractivity (Wildman–Crippen MR) is 90.1 cm³/mol. The Bertz CT molecular complexity index is 798. The second-order valence-electron chi connectivity index (χ2n) is 5.11. The number of pyridine rings is 1. The van der Waals surface area contributed by atoms with E-state index in [4.69, 9.17) is 14.2 Å². The third-order valence-electron chi connectivity index (χ3n) is 3.56. The van der Waals surface area contributed by atoms with Crippen LogP contribution in [-0.2, 0) is 11.8 Å². The number of hydrogen-bond donors (Lipinski definition) is 1. The van der Waals surface area contributed by atoms with E-state index in [1.165, 1.54) is 20.3 Å². The lowest BCUT2D eigenvalue weighted by Crippen LogP contribution is -2.23. The Morgan fingerprint density at radius 3 is 2.62 bits per heavy atom. The number of nitrogens with one attached hydrogen (secondary N) is 1. The van der Waals surface area contributed by atoms with Crippen molar-refractivity contribution in [3.63, 3.8) is 0 Å². The fraction of sp³-hybridized carbons (Fsp3) is 0.294. The molecular formula is C17H20N2O5. The number of methoxy groups -OCH3 is 2. The van der Waals surface area contributed by atoms with Crippen molar-refractivity contribution in [1.29, 1.82) is 0 Å². The van der Waals surface area contributed by atoms with Crippen molar-refractivity contribution in [3.05, 3.63) is 46.4 Å². The van der Waals surface area contributed by atoms with Crippen molar-refractivity contribution in [2.24, 2.45) is 7.05 Å². The summed E-state index contributed by atoms with van der Waals surface area (Å²) in [6.45, 7) is 1.46. The SMILES string of the molecule is COc1ccc(OC)c(NC(=O)COc2c(C)n(C)ccc2=O)c1. The largest absolute Gasteiger partial charge is 0.497 e. The minimum absolute atomic E-state index is 0.160. The fourth-order valence-corrected chi connectivity index (χ4v) is 2.12. The van der Waals surface area contributed by atoms with Gasteiger partial charge in [0.15, 0.2) is 12.4 Å². The first-order valence-electron chi connectivity index (χ1n) is 7.27. The number of ether oxygens (including phenoxy) is 3. The third kappa shape index (κ3) is 3.87. The van der Waals surface area contributed by atoms with Crippen LogP contribution in [0.2, 0.25) is 0 Å². The maximum absolute atomic E-state index is 12.1. The van der Waals surface area contributed by atoms with Crippen molar-refractivity contribution in [1.82, 2.24) is 4.57 Å². The number of anilines is 1. The molecule has 0 saturated heterocycles. The summed E-state index contributed by atoms with van der Waals surface area (Å²) in [7, 11) is 4.83. The molecule has 2 rings (SSSR count). The van der Waals surface area contributed by atoms with E-state index < -0.39 is 5.91 Å². The highest BCUT2D eigenvalue weighted by Gasteiger charge is 2.12. The number of carbonyl (C=O) groups excluding carboxylic acids is 1. The highest BCUT2D eigenvalue weighted by molar-refractivity contribution is 5.93. The molecule has 0 aliphatic carbocycles. The molecule has 2 aromatic rings. The molecule has 0 fully saturated rings. The van der Waals surface area contributed by atoms with Crippen LogP contribution in [-0.4, -0.2) is 31.3 Å². The van der Waals surface area contributed by atoms with Gasteiger partial charge in [0.1, 0.15) is 11.5 Å². The van der Waals surface area contributed by atoms with E-state index in [0.717, 1.165) is 0 Å². The molecule has 1 aromatic heterocycles. The molecule has 1 N–H and O–H groups in total. The minimum atomic E-state index is -0.410. The predicted octanol–water partition coefficient (Wildman–Crippen LogP) is 1.73. The van der Waals surface area contributed by atoms with Gasteiger partial charge in [-0.3, -0.25) is 9.59 Å². The van der Waals surface area contributed by atoms with Crippen molar-refractivity contribution in [3.8, 4) is 17.2 Å². The summed E-state index contributed by atoms with van der Waals surface area (Å²) in [5, 5.41) is 2.68. The van der Waals surface area contributed by atoms with Crippen LogP contribution in [0.4, 0.5) is 5.69 Å². The Kier molecular flexibility index (Phi) is 5.47. The van der Waals surface area contributed by atoms with Gasteiger partial charge >= 0.3 is 0 Å². The average molecular weight is 332 g/mol. The van der Waals surface area contributed by atoms with E-state index in [1.54, 1.807) is 42.9 Å². The first kappa shape index (κ1) is 17.4. The molecule has 0 aliphatic rings. The van der Waals surface area contributed by atoms with Crippen LogP contribution >= 0.6 is 0 Å². The Balaban J connectivity index is 2.10. The Morgan fingerprint density at radius 2 is 1.96 bits per heavy atom. The normalized spacial score (nSPS) is 10.2. The van der Waals surface area contributed by atoms with Gasteiger partial charge in [-0.25, -0.2) is 0 Å². The minimum Gasteiger partial charge on any atom is -0.497 e. The van der Waals surface area contributed by atoms with Crippen LogP contribution in [0.25, 0.3) is 0 Å². The molecule has 0 saturated carbocycles. The monoisotopic (exact) mass is 332 g/mol. The summed E-state index contributed by atoms with van der Waals surface area (Å²) in [6, 6.07) is 6.45. The van der Waals surface area contributed by atoms with E-state index in [9.17, 15) is 9.59 Å². The molecule has 0 atom stereocenters.